The van der Waals surface area contributed by atoms with E-state index in [1.54, 1.807) is 0 Å². The summed E-state index contributed by atoms with van der Waals surface area (Å²) in [4.78, 5) is 0. The van der Waals surface area contributed by atoms with Crippen molar-refractivity contribution in [3.05, 3.63) is 0 Å². The van der Waals surface area contributed by atoms with Crippen LogP contribution >= 0.6 is 0 Å². The Morgan fingerprint density at radius 3 is 1.00 bits per heavy atom. The smallest absolute Gasteiger partial charge is 0 e. The molecule has 0 saturated carbocycles. The van der Waals surface area contributed by atoms with Crippen LogP contribution in [0.25, 0.3) is 0 Å². The second kappa shape index (κ2) is 35.7. The quantitative estimate of drug-likeness (QED) is 0.438. The van der Waals surface area contributed by atoms with Gasteiger partial charge >= 0.3 is 34.2 Å². The molecule has 2 radical (unpaired) electrons. The summed E-state index contributed by atoms with van der Waals surface area (Å²) in [7, 11) is -0.500. The fraction of sp³-hybridized carbons (Fsp3) is 0. The Bertz CT molecular complexity index is 30.7. The molecule has 0 aliphatic heterocycles. The summed E-state index contributed by atoms with van der Waals surface area (Å²) in [6.07, 6.45) is 0. The molecule has 0 aliphatic rings. The van der Waals surface area contributed by atoms with Crippen molar-refractivity contribution in [2.75, 3.05) is 0 Å². The standard InChI is InChI=1S/2BHO2.Te/c2*2-1-3;/h2*2H;. The first-order valence-corrected chi connectivity index (χ1v) is 0.988. The molecule has 0 bridgehead atoms. The van der Waals surface area contributed by atoms with E-state index in [0.717, 1.165) is 0 Å². The van der Waals surface area contributed by atoms with Crippen molar-refractivity contribution in [3.63, 3.8) is 0 Å². The first-order valence-electron chi connectivity index (χ1n) is 0.988. The van der Waals surface area contributed by atoms with Crippen LogP contribution in [-0.2, 0) is 9.41 Å². The molecule has 0 fully saturated rings. The van der Waals surface area contributed by atoms with Crippen molar-refractivity contribution in [1.29, 1.82) is 0 Å². The summed E-state index contributed by atoms with van der Waals surface area (Å²) in [6, 6.07) is 0. The maximum atomic E-state index is 8.36. The van der Waals surface area contributed by atoms with Crippen molar-refractivity contribution in [2.24, 2.45) is 0 Å². The Labute approximate surface area is 58.2 Å². The largest absolute Gasteiger partial charge is 0 e. The van der Waals surface area contributed by atoms with Gasteiger partial charge in [0.25, 0.3) is 0 Å². The van der Waals surface area contributed by atoms with E-state index in [0.29, 0.717) is 0 Å². The van der Waals surface area contributed by atoms with Crippen LogP contribution in [0.15, 0.2) is 0 Å². The Kier molecular flexibility index (Phi) is 80.1. The molecule has 0 aromatic heterocycles. The number of hydrogen-bond acceptors (Lipinski definition) is 2. The van der Waals surface area contributed by atoms with Gasteiger partial charge in [-0.05, 0) is 0 Å². The molecule has 0 atom stereocenters. The third-order valence-electron chi connectivity index (χ3n) is 0. The fourth-order valence-corrected chi connectivity index (χ4v) is 0. The van der Waals surface area contributed by atoms with Crippen molar-refractivity contribution in [3.8, 4) is 0 Å². The van der Waals surface area contributed by atoms with Gasteiger partial charge in [0.05, 0.1) is 0 Å². The molecule has 2 N–H and O–H groups in total. The minimum atomic E-state index is -0.250. The van der Waals surface area contributed by atoms with E-state index >= 15 is 0 Å². The molecule has 0 saturated heterocycles. The van der Waals surface area contributed by atoms with Gasteiger partial charge in [-0.25, -0.2) is 0 Å². The summed E-state index contributed by atoms with van der Waals surface area (Å²) in [5.74, 6) is 0. The van der Waals surface area contributed by atoms with E-state index in [4.69, 9.17) is 19.5 Å². The van der Waals surface area contributed by atoms with Crippen molar-refractivity contribution in [1.82, 2.24) is 0 Å². The van der Waals surface area contributed by atoms with Crippen molar-refractivity contribution >= 4 is 38.4 Å². The van der Waals surface area contributed by atoms with Crippen LogP contribution in [-0.4, -0.2) is 48.4 Å². The Morgan fingerprint density at radius 1 is 1.00 bits per heavy atom. The summed E-state index contributed by atoms with van der Waals surface area (Å²) in [5.41, 5.74) is 0. The molecular weight excluding hydrogens is 213 g/mol. The van der Waals surface area contributed by atoms with Gasteiger partial charge in [-0.2, -0.15) is 0 Å². The minimum absolute atomic E-state index is 0. The predicted octanol–water partition coefficient (Wildman–Crippen LogP) is -2.49. The van der Waals surface area contributed by atoms with Crippen LogP contribution in [0.4, 0.5) is 0 Å². The average molecular weight is 215 g/mol. The molecule has 0 aromatic carbocycles. The third kappa shape index (κ3) is 7270. The van der Waals surface area contributed by atoms with Crippen LogP contribution < -0.4 is 0 Å². The van der Waals surface area contributed by atoms with Gasteiger partial charge < -0.3 is 0 Å². The molecule has 0 rings (SSSR count). The number of rotatable bonds is 0. The van der Waals surface area contributed by atoms with E-state index in [2.05, 4.69) is 0 Å². The van der Waals surface area contributed by atoms with Crippen LogP contribution in [0.5, 0.6) is 0 Å². The first-order chi connectivity index (χ1) is 2.83. The topological polar surface area (TPSA) is 74.6 Å². The van der Waals surface area contributed by atoms with E-state index < -0.39 is 0 Å². The second-order valence-electron chi connectivity index (χ2n) is 0.211. The molecular formula is H2B2O4Te. The van der Waals surface area contributed by atoms with Gasteiger partial charge in [-0.3, -0.25) is 0 Å². The maximum absolute atomic E-state index is 8.36. The monoisotopic (exact) mass is 218 g/mol. The van der Waals surface area contributed by atoms with Gasteiger partial charge in [0.1, 0.15) is 0 Å². The molecule has 7 heavy (non-hydrogen) atoms. The molecule has 4 nitrogen and oxygen atoms in total. The van der Waals surface area contributed by atoms with Crippen LogP contribution in [0.1, 0.15) is 0 Å². The molecule has 7 heteroatoms. The Morgan fingerprint density at radius 2 is 1.00 bits per heavy atom. The van der Waals surface area contributed by atoms with E-state index in [-0.39, 0.29) is 38.4 Å². The third-order valence-corrected chi connectivity index (χ3v) is 0. The van der Waals surface area contributed by atoms with E-state index in [9.17, 15) is 0 Å². The normalized spacial score (nSPS) is 2.29. The predicted molar refractivity (Wildman–Crippen MR) is 23.1 cm³/mol. The van der Waals surface area contributed by atoms with Gasteiger partial charge in [0, 0.05) is 23.7 Å². The molecule has 0 aromatic rings. The molecule has 0 spiro atoms. The van der Waals surface area contributed by atoms with Gasteiger partial charge in [0.2, 0.25) is 0 Å². The van der Waals surface area contributed by atoms with Gasteiger partial charge in [-0.15, -0.1) is 0 Å². The van der Waals surface area contributed by atoms with Gasteiger partial charge in [0.15, 0.2) is 0 Å². The Balaban J connectivity index is -0.0000000400. The summed E-state index contributed by atoms with van der Waals surface area (Å²) in [5, 5.41) is 13.8. The van der Waals surface area contributed by atoms with E-state index in [1.807, 2.05) is 0 Å². The molecule has 38 valence electrons. The molecule has 0 amide bonds. The van der Waals surface area contributed by atoms with Crippen molar-refractivity contribution < 1.29 is 19.5 Å². The van der Waals surface area contributed by atoms with Crippen LogP contribution in [0, 0.1) is 0 Å². The maximum Gasteiger partial charge on any atom is 0 e. The molecule has 0 unspecified atom stereocenters. The number of hydrogen-bond donors (Lipinski definition) is 2. The fourth-order valence-electron chi connectivity index (χ4n) is 0. The van der Waals surface area contributed by atoms with E-state index in [1.165, 1.54) is 0 Å². The van der Waals surface area contributed by atoms with Gasteiger partial charge in [-0.1, -0.05) is 0 Å². The minimum Gasteiger partial charge on any atom is 0 e. The Hall–Kier alpha value is 0.119. The summed E-state index contributed by atoms with van der Waals surface area (Å²) < 4.78 is 16.7. The summed E-state index contributed by atoms with van der Waals surface area (Å²) >= 11 is 0. The zero-order chi connectivity index (χ0) is 5.41. The average Bonchev–Trinajstić information content (AvgIpc) is 1.39. The molecule has 0 aliphatic carbocycles. The van der Waals surface area contributed by atoms with Crippen LogP contribution in [0.3, 0.4) is 0 Å². The zero-order valence-electron chi connectivity index (χ0n) is 3.27. The molecule has 0 heterocycles. The second-order valence-corrected chi connectivity index (χ2v) is 0.211. The van der Waals surface area contributed by atoms with Crippen LogP contribution in [0.2, 0.25) is 0 Å². The zero-order valence-corrected chi connectivity index (χ0v) is 5.60. The SMILES string of the molecule is O=BO.O=BO.[Te]. The van der Waals surface area contributed by atoms with Crippen molar-refractivity contribution in [2.45, 2.75) is 0 Å². The summed E-state index contributed by atoms with van der Waals surface area (Å²) in [6.45, 7) is 0. The first kappa shape index (κ1) is 15.7.